The third kappa shape index (κ3) is 2.51. The third-order valence-electron chi connectivity index (χ3n) is 2.94. The number of para-hydroxylation sites is 1. The molecule has 1 aliphatic carbocycles. The fourth-order valence-corrected chi connectivity index (χ4v) is 1.92. The highest BCUT2D eigenvalue weighted by Crippen LogP contribution is 2.30. The zero-order chi connectivity index (χ0) is 10.7. The van der Waals surface area contributed by atoms with Gasteiger partial charge in [0.2, 0.25) is 0 Å². The lowest BCUT2D eigenvalue weighted by Crippen LogP contribution is -2.23. The average molecular weight is 205 g/mol. The van der Waals surface area contributed by atoms with E-state index in [-0.39, 0.29) is 0 Å². The van der Waals surface area contributed by atoms with E-state index in [4.69, 9.17) is 4.74 Å². The predicted molar refractivity (Wildman–Crippen MR) is 62.2 cm³/mol. The Morgan fingerprint density at radius 3 is 2.73 bits per heavy atom. The molecule has 2 rings (SSSR count). The smallest absolute Gasteiger partial charge is 0.123 e. The summed E-state index contributed by atoms with van der Waals surface area (Å²) >= 11 is 0. The van der Waals surface area contributed by atoms with Crippen LogP contribution in [0.15, 0.2) is 24.3 Å². The van der Waals surface area contributed by atoms with Crippen LogP contribution in [0.5, 0.6) is 5.75 Å². The van der Waals surface area contributed by atoms with E-state index in [0.717, 1.165) is 18.2 Å². The molecule has 15 heavy (non-hydrogen) atoms. The molecule has 1 aromatic carbocycles. The van der Waals surface area contributed by atoms with Crippen LogP contribution in [0, 0.1) is 0 Å². The molecule has 1 N–H and O–H groups in total. The highest BCUT2D eigenvalue weighted by Gasteiger charge is 2.25. The number of benzene rings is 1. The van der Waals surface area contributed by atoms with Gasteiger partial charge in [0.1, 0.15) is 5.75 Å². The van der Waals surface area contributed by atoms with Gasteiger partial charge in [-0.25, -0.2) is 0 Å². The second-order valence-corrected chi connectivity index (χ2v) is 4.14. The van der Waals surface area contributed by atoms with Crippen molar-refractivity contribution in [2.24, 2.45) is 0 Å². The summed E-state index contributed by atoms with van der Waals surface area (Å²) in [6.45, 7) is 2.21. The molecule has 1 fully saturated rings. The van der Waals surface area contributed by atoms with E-state index >= 15 is 0 Å². The Morgan fingerprint density at radius 1 is 1.40 bits per heavy atom. The fourth-order valence-electron chi connectivity index (χ4n) is 1.92. The molecule has 0 amide bonds. The summed E-state index contributed by atoms with van der Waals surface area (Å²) in [6, 6.07) is 9.46. The van der Waals surface area contributed by atoms with Crippen LogP contribution in [0.2, 0.25) is 0 Å². The number of hydrogen-bond donors (Lipinski definition) is 1. The van der Waals surface area contributed by atoms with Gasteiger partial charge in [-0.05, 0) is 25.3 Å². The molecule has 1 aliphatic rings. The zero-order valence-corrected chi connectivity index (χ0v) is 9.49. The van der Waals surface area contributed by atoms with Crippen molar-refractivity contribution in [2.75, 3.05) is 7.11 Å². The highest BCUT2D eigenvalue weighted by atomic mass is 16.5. The van der Waals surface area contributed by atoms with Crippen molar-refractivity contribution in [3.63, 3.8) is 0 Å². The van der Waals surface area contributed by atoms with Crippen LogP contribution >= 0.6 is 0 Å². The molecule has 0 bridgehead atoms. The lowest BCUT2D eigenvalue weighted by molar-refractivity contribution is 0.396. The Kier molecular flexibility index (Phi) is 3.27. The van der Waals surface area contributed by atoms with Gasteiger partial charge < -0.3 is 10.1 Å². The summed E-state index contributed by atoms with van der Waals surface area (Å²) < 4.78 is 5.39. The molecular formula is C13H19NO. The van der Waals surface area contributed by atoms with Gasteiger partial charge in [0.25, 0.3) is 0 Å². The van der Waals surface area contributed by atoms with E-state index in [1.54, 1.807) is 7.11 Å². The summed E-state index contributed by atoms with van der Waals surface area (Å²) in [5.74, 6) is 0.998. The third-order valence-corrected chi connectivity index (χ3v) is 2.94. The summed E-state index contributed by atoms with van der Waals surface area (Å²) in [5, 5.41) is 3.65. The van der Waals surface area contributed by atoms with E-state index in [1.807, 2.05) is 12.1 Å². The van der Waals surface area contributed by atoms with Crippen LogP contribution in [0.4, 0.5) is 0 Å². The van der Waals surface area contributed by atoms with Gasteiger partial charge in [-0.15, -0.1) is 0 Å². The maximum Gasteiger partial charge on any atom is 0.123 e. The van der Waals surface area contributed by atoms with Gasteiger partial charge in [0.15, 0.2) is 0 Å². The lowest BCUT2D eigenvalue weighted by Gasteiger charge is -2.19. The predicted octanol–water partition coefficient (Wildman–Crippen LogP) is 2.90. The lowest BCUT2D eigenvalue weighted by atomic mass is 10.0. The van der Waals surface area contributed by atoms with Crippen molar-refractivity contribution in [3.8, 4) is 5.75 Å². The number of rotatable bonds is 5. The number of hydrogen-bond acceptors (Lipinski definition) is 2. The SMILES string of the molecule is CCC(NC1CC1)c1ccccc1OC. The van der Waals surface area contributed by atoms with Gasteiger partial charge in [0, 0.05) is 17.6 Å². The summed E-state index contributed by atoms with van der Waals surface area (Å²) in [7, 11) is 1.74. The maximum absolute atomic E-state index is 5.39. The molecule has 82 valence electrons. The van der Waals surface area contributed by atoms with Gasteiger partial charge in [0.05, 0.1) is 7.11 Å². The Morgan fingerprint density at radius 2 is 2.13 bits per heavy atom. The van der Waals surface area contributed by atoms with Gasteiger partial charge in [-0.3, -0.25) is 0 Å². The zero-order valence-electron chi connectivity index (χ0n) is 9.49. The Labute approximate surface area is 91.6 Å². The molecule has 0 heterocycles. The topological polar surface area (TPSA) is 21.3 Å². The first-order chi connectivity index (χ1) is 7.35. The maximum atomic E-state index is 5.39. The van der Waals surface area contributed by atoms with Crippen molar-refractivity contribution in [1.82, 2.24) is 5.32 Å². The standard InChI is InChI=1S/C13H19NO/c1-3-12(14-10-8-9-10)11-6-4-5-7-13(11)15-2/h4-7,10,12,14H,3,8-9H2,1-2H3. The van der Waals surface area contributed by atoms with E-state index < -0.39 is 0 Å². The molecular weight excluding hydrogens is 186 g/mol. The van der Waals surface area contributed by atoms with Gasteiger partial charge in [-0.1, -0.05) is 25.1 Å². The molecule has 1 aromatic rings. The number of ether oxygens (including phenoxy) is 1. The Hall–Kier alpha value is -1.02. The van der Waals surface area contributed by atoms with E-state index in [9.17, 15) is 0 Å². The Bertz CT molecular complexity index is 320. The van der Waals surface area contributed by atoms with Crippen LogP contribution in [0.1, 0.15) is 37.8 Å². The minimum atomic E-state index is 0.439. The molecule has 0 aromatic heterocycles. The molecule has 2 heteroatoms. The number of methoxy groups -OCH3 is 1. The van der Waals surface area contributed by atoms with E-state index in [1.165, 1.54) is 18.4 Å². The van der Waals surface area contributed by atoms with Gasteiger partial charge in [-0.2, -0.15) is 0 Å². The van der Waals surface area contributed by atoms with Crippen molar-refractivity contribution in [1.29, 1.82) is 0 Å². The first kappa shape index (κ1) is 10.5. The quantitative estimate of drug-likeness (QED) is 0.798. The molecule has 1 unspecified atom stereocenters. The summed E-state index contributed by atoms with van der Waals surface area (Å²) in [5.41, 5.74) is 1.29. The van der Waals surface area contributed by atoms with Crippen LogP contribution in [-0.4, -0.2) is 13.2 Å². The molecule has 0 aliphatic heterocycles. The second-order valence-electron chi connectivity index (χ2n) is 4.14. The first-order valence-corrected chi connectivity index (χ1v) is 5.74. The average Bonchev–Trinajstić information content (AvgIpc) is 3.10. The molecule has 2 nitrogen and oxygen atoms in total. The minimum absolute atomic E-state index is 0.439. The monoisotopic (exact) mass is 205 g/mol. The first-order valence-electron chi connectivity index (χ1n) is 5.74. The minimum Gasteiger partial charge on any atom is -0.496 e. The summed E-state index contributed by atoms with van der Waals surface area (Å²) in [6.07, 6.45) is 3.76. The highest BCUT2D eigenvalue weighted by molar-refractivity contribution is 5.36. The van der Waals surface area contributed by atoms with Crippen molar-refractivity contribution < 1.29 is 4.74 Å². The number of nitrogens with one attached hydrogen (secondary N) is 1. The second kappa shape index (κ2) is 4.67. The summed E-state index contributed by atoms with van der Waals surface area (Å²) in [4.78, 5) is 0. The molecule has 1 saturated carbocycles. The Balaban J connectivity index is 2.15. The van der Waals surface area contributed by atoms with E-state index in [0.29, 0.717) is 6.04 Å². The van der Waals surface area contributed by atoms with Crippen LogP contribution < -0.4 is 10.1 Å². The van der Waals surface area contributed by atoms with Crippen molar-refractivity contribution in [2.45, 2.75) is 38.3 Å². The molecule has 1 atom stereocenters. The normalized spacial score (nSPS) is 17.5. The molecule has 0 saturated heterocycles. The van der Waals surface area contributed by atoms with Crippen LogP contribution in [-0.2, 0) is 0 Å². The molecule has 0 spiro atoms. The largest absolute Gasteiger partial charge is 0.496 e. The van der Waals surface area contributed by atoms with Crippen molar-refractivity contribution in [3.05, 3.63) is 29.8 Å². The van der Waals surface area contributed by atoms with Crippen LogP contribution in [0.3, 0.4) is 0 Å². The molecule has 0 radical (unpaired) electrons. The fraction of sp³-hybridized carbons (Fsp3) is 0.538. The van der Waals surface area contributed by atoms with Crippen LogP contribution in [0.25, 0.3) is 0 Å². The van der Waals surface area contributed by atoms with Crippen molar-refractivity contribution >= 4 is 0 Å². The van der Waals surface area contributed by atoms with Gasteiger partial charge >= 0.3 is 0 Å². The van der Waals surface area contributed by atoms with E-state index in [2.05, 4.69) is 24.4 Å².